The van der Waals surface area contributed by atoms with Crippen LogP contribution < -0.4 is 11.0 Å². The van der Waals surface area contributed by atoms with Crippen molar-refractivity contribution in [1.29, 1.82) is 0 Å². The van der Waals surface area contributed by atoms with Crippen molar-refractivity contribution in [3.05, 3.63) is 22.9 Å². The molecule has 1 unspecified atom stereocenters. The molecule has 4 nitrogen and oxygen atoms in total. The fraction of sp³-hybridized carbons (Fsp3) is 0.727. The maximum atomic E-state index is 11.5. The number of imidazole rings is 1. The monoisotopic (exact) mass is 211 g/mol. The first-order chi connectivity index (χ1) is 7.15. The van der Waals surface area contributed by atoms with Gasteiger partial charge in [0.15, 0.2) is 0 Å². The Kier molecular flexibility index (Phi) is 4.62. The first kappa shape index (κ1) is 12.0. The summed E-state index contributed by atoms with van der Waals surface area (Å²) >= 11 is 0. The van der Waals surface area contributed by atoms with Crippen molar-refractivity contribution in [2.24, 2.45) is 13.0 Å². The van der Waals surface area contributed by atoms with E-state index >= 15 is 0 Å². The molecule has 0 fully saturated rings. The lowest BCUT2D eigenvalue weighted by Gasteiger charge is -2.12. The van der Waals surface area contributed by atoms with Crippen molar-refractivity contribution >= 4 is 0 Å². The van der Waals surface area contributed by atoms with E-state index in [1.165, 1.54) is 0 Å². The van der Waals surface area contributed by atoms with Gasteiger partial charge in [-0.1, -0.05) is 13.8 Å². The maximum Gasteiger partial charge on any atom is 0.327 e. The molecule has 4 heteroatoms. The zero-order valence-corrected chi connectivity index (χ0v) is 9.86. The summed E-state index contributed by atoms with van der Waals surface area (Å²) in [7, 11) is 1.78. The molecule has 15 heavy (non-hydrogen) atoms. The number of nitrogens with zero attached hydrogens (tertiary/aromatic N) is 2. The predicted octanol–water partition coefficient (Wildman–Crippen LogP) is 0.823. The van der Waals surface area contributed by atoms with Gasteiger partial charge in [0, 0.05) is 26.0 Å². The molecule has 1 N–H and O–H groups in total. The van der Waals surface area contributed by atoms with Crippen molar-refractivity contribution < 1.29 is 0 Å². The van der Waals surface area contributed by atoms with E-state index in [4.69, 9.17) is 0 Å². The van der Waals surface area contributed by atoms with E-state index in [9.17, 15) is 4.79 Å². The van der Waals surface area contributed by atoms with E-state index in [-0.39, 0.29) is 5.69 Å². The number of hydrogen-bond acceptors (Lipinski definition) is 2. The van der Waals surface area contributed by atoms with Crippen LogP contribution in [0.4, 0.5) is 0 Å². The third-order valence-corrected chi connectivity index (χ3v) is 2.45. The molecule has 0 amide bonds. The zero-order chi connectivity index (χ0) is 11.3. The molecule has 0 aromatic carbocycles. The first-order valence-corrected chi connectivity index (χ1v) is 5.57. The molecule has 0 bridgehead atoms. The van der Waals surface area contributed by atoms with E-state index in [1.54, 1.807) is 22.4 Å². The number of aryl methyl sites for hydroxylation is 1. The van der Waals surface area contributed by atoms with Crippen LogP contribution in [0.2, 0.25) is 0 Å². The average Bonchev–Trinajstić information content (AvgIpc) is 2.50. The van der Waals surface area contributed by atoms with Crippen LogP contribution in [0.25, 0.3) is 0 Å². The van der Waals surface area contributed by atoms with E-state index in [2.05, 4.69) is 19.2 Å². The Morgan fingerprint density at radius 1 is 1.47 bits per heavy atom. The Morgan fingerprint density at radius 2 is 2.20 bits per heavy atom. The molecule has 1 aromatic rings. The lowest BCUT2D eigenvalue weighted by molar-refractivity contribution is 0.437. The molecular formula is C11H21N3O. The van der Waals surface area contributed by atoms with Crippen LogP contribution >= 0.6 is 0 Å². The first-order valence-electron chi connectivity index (χ1n) is 5.57. The fourth-order valence-corrected chi connectivity index (χ4v) is 1.58. The predicted molar refractivity (Wildman–Crippen MR) is 62.0 cm³/mol. The molecule has 1 rings (SSSR count). The Hall–Kier alpha value is -1.03. The standard InChI is InChI=1S/C11H21N3O/c1-4-5-12-8-10(2)9-14-7-6-13(3)11(14)15/h6-7,10,12H,4-5,8-9H2,1-3H3. The second kappa shape index (κ2) is 5.75. The second-order valence-corrected chi connectivity index (χ2v) is 4.15. The van der Waals surface area contributed by atoms with Crippen molar-refractivity contribution in [1.82, 2.24) is 14.5 Å². The third-order valence-electron chi connectivity index (χ3n) is 2.45. The largest absolute Gasteiger partial charge is 0.327 e. The van der Waals surface area contributed by atoms with E-state index in [1.807, 2.05) is 6.20 Å². The van der Waals surface area contributed by atoms with Gasteiger partial charge in [0.05, 0.1) is 0 Å². The third kappa shape index (κ3) is 3.55. The number of rotatable bonds is 6. The molecule has 0 saturated carbocycles. The topological polar surface area (TPSA) is 39.0 Å². The molecule has 0 aliphatic rings. The number of hydrogen-bond donors (Lipinski definition) is 1. The highest BCUT2D eigenvalue weighted by Crippen LogP contribution is 1.96. The van der Waals surface area contributed by atoms with Crippen LogP contribution in [-0.2, 0) is 13.6 Å². The highest BCUT2D eigenvalue weighted by molar-refractivity contribution is 4.80. The quantitative estimate of drug-likeness (QED) is 0.708. The van der Waals surface area contributed by atoms with Crippen LogP contribution in [-0.4, -0.2) is 22.2 Å². The maximum absolute atomic E-state index is 11.5. The van der Waals surface area contributed by atoms with Crippen molar-refractivity contribution in [3.63, 3.8) is 0 Å². The average molecular weight is 211 g/mol. The Balaban J connectivity index is 2.41. The summed E-state index contributed by atoms with van der Waals surface area (Å²) in [6.07, 6.45) is 4.80. The van der Waals surface area contributed by atoms with Gasteiger partial charge in [-0.3, -0.25) is 4.57 Å². The highest BCUT2D eigenvalue weighted by Gasteiger charge is 2.05. The SMILES string of the molecule is CCCNCC(C)Cn1ccn(C)c1=O. The van der Waals surface area contributed by atoms with Gasteiger partial charge >= 0.3 is 5.69 Å². The Bertz CT molecular complexity index is 340. The van der Waals surface area contributed by atoms with Crippen LogP contribution in [0.15, 0.2) is 17.2 Å². The normalized spacial score (nSPS) is 13.0. The van der Waals surface area contributed by atoms with Gasteiger partial charge in [-0.05, 0) is 25.4 Å². The molecule has 0 aliphatic carbocycles. The summed E-state index contributed by atoms with van der Waals surface area (Å²) in [6.45, 7) is 7.11. The fourth-order valence-electron chi connectivity index (χ4n) is 1.58. The summed E-state index contributed by atoms with van der Waals surface area (Å²) in [4.78, 5) is 11.5. The van der Waals surface area contributed by atoms with Crippen LogP contribution in [0.5, 0.6) is 0 Å². The Labute approximate surface area is 90.9 Å². The summed E-state index contributed by atoms with van der Waals surface area (Å²) < 4.78 is 3.37. The van der Waals surface area contributed by atoms with Crippen LogP contribution in [0.3, 0.4) is 0 Å². The van der Waals surface area contributed by atoms with Gasteiger partial charge in [-0.15, -0.1) is 0 Å². The molecule has 0 spiro atoms. The highest BCUT2D eigenvalue weighted by atomic mass is 16.1. The van der Waals surface area contributed by atoms with E-state index in [0.717, 1.165) is 26.1 Å². The smallest absolute Gasteiger partial charge is 0.316 e. The van der Waals surface area contributed by atoms with Crippen LogP contribution in [0, 0.1) is 5.92 Å². The number of nitrogens with one attached hydrogen (secondary N) is 1. The van der Waals surface area contributed by atoms with E-state index in [0.29, 0.717) is 5.92 Å². The summed E-state index contributed by atoms with van der Waals surface area (Å²) in [5.41, 5.74) is 0.0670. The minimum atomic E-state index is 0.0670. The minimum Gasteiger partial charge on any atom is -0.316 e. The van der Waals surface area contributed by atoms with E-state index < -0.39 is 0 Å². The lowest BCUT2D eigenvalue weighted by Crippen LogP contribution is -2.29. The molecule has 0 saturated heterocycles. The Morgan fingerprint density at radius 3 is 2.73 bits per heavy atom. The molecular weight excluding hydrogens is 190 g/mol. The molecule has 1 heterocycles. The molecule has 1 atom stereocenters. The summed E-state index contributed by atoms with van der Waals surface area (Å²) in [5.74, 6) is 0.483. The van der Waals surface area contributed by atoms with Gasteiger partial charge in [0.1, 0.15) is 0 Å². The van der Waals surface area contributed by atoms with Crippen LogP contribution in [0.1, 0.15) is 20.3 Å². The summed E-state index contributed by atoms with van der Waals surface area (Å²) in [5, 5.41) is 3.36. The van der Waals surface area contributed by atoms with Crippen molar-refractivity contribution in [3.8, 4) is 0 Å². The van der Waals surface area contributed by atoms with Gasteiger partial charge in [0.2, 0.25) is 0 Å². The molecule has 0 aliphatic heterocycles. The van der Waals surface area contributed by atoms with Crippen molar-refractivity contribution in [2.45, 2.75) is 26.8 Å². The molecule has 0 radical (unpaired) electrons. The minimum absolute atomic E-state index is 0.0670. The van der Waals surface area contributed by atoms with Gasteiger partial charge in [-0.25, -0.2) is 4.79 Å². The zero-order valence-electron chi connectivity index (χ0n) is 9.86. The van der Waals surface area contributed by atoms with Crippen molar-refractivity contribution in [2.75, 3.05) is 13.1 Å². The van der Waals surface area contributed by atoms with Gasteiger partial charge < -0.3 is 9.88 Å². The second-order valence-electron chi connectivity index (χ2n) is 4.15. The molecule has 1 aromatic heterocycles. The van der Waals surface area contributed by atoms with Gasteiger partial charge in [0.25, 0.3) is 0 Å². The molecule has 86 valence electrons. The number of aromatic nitrogens is 2. The summed E-state index contributed by atoms with van der Waals surface area (Å²) in [6, 6.07) is 0. The van der Waals surface area contributed by atoms with Gasteiger partial charge in [-0.2, -0.15) is 0 Å². The lowest BCUT2D eigenvalue weighted by atomic mass is 10.2.